The van der Waals surface area contributed by atoms with Gasteiger partial charge in [0.2, 0.25) is 0 Å². The summed E-state index contributed by atoms with van der Waals surface area (Å²) in [5.74, 6) is 0. The zero-order chi connectivity index (χ0) is 17.2. The lowest BCUT2D eigenvalue weighted by Gasteiger charge is -2.34. The summed E-state index contributed by atoms with van der Waals surface area (Å²) in [6.45, 7) is 6.28. The molecular weight excluding hydrogens is 336 g/mol. The van der Waals surface area contributed by atoms with Crippen LogP contribution in [-0.4, -0.2) is 57.5 Å². The molecule has 1 atom stereocenters. The maximum Gasteiger partial charge on any atom is 0.185 e. The monoisotopic (exact) mass is 358 g/mol. The van der Waals surface area contributed by atoms with Crippen LogP contribution in [0.1, 0.15) is 17.3 Å². The number of rotatable bonds is 5. The number of fused-ring (bicyclic) bond motifs is 1. The van der Waals surface area contributed by atoms with E-state index in [1.54, 1.807) is 11.3 Å². The molecule has 132 valence electrons. The SMILES string of the molecule is Cc1nn(C)c2nc(NC[C@@H](c3ccncc3)N3CCOCC3)sc12. The van der Waals surface area contributed by atoms with E-state index in [-0.39, 0.29) is 6.04 Å². The van der Waals surface area contributed by atoms with Crippen molar-refractivity contribution in [3.8, 4) is 0 Å². The van der Waals surface area contributed by atoms with Gasteiger partial charge in [-0.15, -0.1) is 0 Å². The smallest absolute Gasteiger partial charge is 0.185 e. The van der Waals surface area contributed by atoms with Crippen LogP contribution in [0.5, 0.6) is 0 Å². The van der Waals surface area contributed by atoms with Gasteiger partial charge in [0.25, 0.3) is 0 Å². The predicted octanol–water partition coefficient (Wildman–Crippen LogP) is 2.22. The molecule has 1 aliphatic rings. The lowest BCUT2D eigenvalue weighted by molar-refractivity contribution is 0.0187. The van der Waals surface area contributed by atoms with Crippen molar-refractivity contribution in [3.63, 3.8) is 0 Å². The predicted molar refractivity (Wildman–Crippen MR) is 99.0 cm³/mol. The first-order chi connectivity index (χ1) is 12.2. The molecule has 3 aromatic rings. The van der Waals surface area contributed by atoms with Crippen molar-refractivity contribution in [2.75, 3.05) is 38.2 Å². The number of anilines is 1. The van der Waals surface area contributed by atoms with Gasteiger partial charge in [0, 0.05) is 39.1 Å². The van der Waals surface area contributed by atoms with Crippen LogP contribution in [0, 0.1) is 6.92 Å². The van der Waals surface area contributed by atoms with E-state index in [9.17, 15) is 0 Å². The van der Waals surface area contributed by atoms with E-state index < -0.39 is 0 Å². The second-order valence-electron chi connectivity index (χ2n) is 6.21. The molecule has 0 bridgehead atoms. The van der Waals surface area contributed by atoms with Crippen LogP contribution in [0.3, 0.4) is 0 Å². The number of pyridine rings is 1. The average Bonchev–Trinajstić information content (AvgIpc) is 3.18. The van der Waals surface area contributed by atoms with Crippen LogP contribution in [0.25, 0.3) is 10.3 Å². The van der Waals surface area contributed by atoms with Crippen LogP contribution in [0.4, 0.5) is 5.13 Å². The Hall–Kier alpha value is -2.03. The van der Waals surface area contributed by atoms with Gasteiger partial charge in [0.05, 0.1) is 29.6 Å². The third-order valence-corrected chi connectivity index (χ3v) is 5.68. The highest BCUT2D eigenvalue weighted by Crippen LogP contribution is 2.29. The Bertz CT molecular complexity index is 805. The highest BCUT2D eigenvalue weighted by molar-refractivity contribution is 7.22. The highest BCUT2D eigenvalue weighted by Gasteiger charge is 2.23. The Kier molecular flexibility index (Phi) is 4.65. The zero-order valence-corrected chi connectivity index (χ0v) is 15.3. The van der Waals surface area contributed by atoms with Gasteiger partial charge in [-0.05, 0) is 24.6 Å². The van der Waals surface area contributed by atoms with Crippen molar-refractivity contribution in [1.29, 1.82) is 0 Å². The summed E-state index contributed by atoms with van der Waals surface area (Å²) >= 11 is 1.67. The molecule has 0 radical (unpaired) electrons. The molecular formula is C17H22N6OS. The molecule has 0 amide bonds. The van der Waals surface area contributed by atoms with Crippen LogP contribution >= 0.6 is 11.3 Å². The molecule has 4 rings (SSSR count). The summed E-state index contributed by atoms with van der Waals surface area (Å²) in [5, 5.41) is 8.89. The summed E-state index contributed by atoms with van der Waals surface area (Å²) in [6, 6.07) is 4.46. The lowest BCUT2D eigenvalue weighted by Crippen LogP contribution is -2.41. The van der Waals surface area contributed by atoms with Crippen molar-refractivity contribution in [2.24, 2.45) is 7.05 Å². The van der Waals surface area contributed by atoms with E-state index in [4.69, 9.17) is 9.72 Å². The van der Waals surface area contributed by atoms with Gasteiger partial charge in [-0.1, -0.05) is 11.3 Å². The van der Waals surface area contributed by atoms with Crippen molar-refractivity contribution < 1.29 is 4.74 Å². The second kappa shape index (κ2) is 7.07. The molecule has 1 N–H and O–H groups in total. The van der Waals surface area contributed by atoms with Gasteiger partial charge in [-0.3, -0.25) is 9.88 Å². The van der Waals surface area contributed by atoms with E-state index >= 15 is 0 Å². The number of hydrogen-bond acceptors (Lipinski definition) is 7. The maximum atomic E-state index is 5.51. The van der Waals surface area contributed by atoms with Crippen LogP contribution in [-0.2, 0) is 11.8 Å². The number of nitrogens with zero attached hydrogens (tertiary/aromatic N) is 5. The van der Waals surface area contributed by atoms with Gasteiger partial charge >= 0.3 is 0 Å². The molecule has 0 saturated carbocycles. The third-order valence-electron chi connectivity index (χ3n) is 4.57. The number of hydrogen-bond donors (Lipinski definition) is 1. The van der Waals surface area contributed by atoms with E-state index in [0.717, 1.165) is 54.0 Å². The molecule has 25 heavy (non-hydrogen) atoms. The Labute approximate surface area is 150 Å². The summed E-state index contributed by atoms with van der Waals surface area (Å²) in [5.41, 5.74) is 3.24. The molecule has 0 aromatic carbocycles. The molecule has 4 heterocycles. The minimum atomic E-state index is 0.276. The van der Waals surface area contributed by atoms with Gasteiger partial charge in [0.1, 0.15) is 0 Å². The normalized spacial score (nSPS) is 17.0. The summed E-state index contributed by atoms with van der Waals surface area (Å²) in [4.78, 5) is 11.3. The molecule has 1 fully saturated rings. The first-order valence-corrected chi connectivity index (χ1v) is 9.30. The van der Waals surface area contributed by atoms with E-state index in [1.165, 1.54) is 5.56 Å². The Morgan fingerprint density at radius 2 is 2.04 bits per heavy atom. The molecule has 0 spiro atoms. The van der Waals surface area contributed by atoms with Gasteiger partial charge in [-0.25, -0.2) is 9.67 Å². The number of ether oxygens (including phenoxy) is 1. The third kappa shape index (κ3) is 3.37. The Morgan fingerprint density at radius 1 is 1.28 bits per heavy atom. The second-order valence-corrected chi connectivity index (χ2v) is 7.21. The largest absolute Gasteiger partial charge is 0.379 e. The summed E-state index contributed by atoms with van der Waals surface area (Å²) in [6.07, 6.45) is 3.71. The summed E-state index contributed by atoms with van der Waals surface area (Å²) in [7, 11) is 1.94. The highest BCUT2D eigenvalue weighted by atomic mass is 32.1. The number of nitrogens with one attached hydrogen (secondary N) is 1. The molecule has 8 heteroatoms. The first kappa shape index (κ1) is 16.4. The fourth-order valence-electron chi connectivity index (χ4n) is 3.28. The first-order valence-electron chi connectivity index (χ1n) is 8.48. The molecule has 1 aliphatic heterocycles. The lowest BCUT2D eigenvalue weighted by atomic mass is 10.1. The van der Waals surface area contributed by atoms with Crippen LogP contribution < -0.4 is 5.32 Å². The van der Waals surface area contributed by atoms with Crippen molar-refractivity contribution in [3.05, 3.63) is 35.8 Å². The van der Waals surface area contributed by atoms with E-state index in [2.05, 4.69) is 32.4 Å². The van der Waals surface area contributed by atoms with E-state index in [0.29, 0.717) is 0 Å². The van der Waals surface area contributed by atoms with Gasteiger partial charge < -0.3 is 10.1 Å². The standard InChI is InChI=1S/C17H22N6OS/c1-12-15-16(22(2)21-12)20-17(25-15)19-11-14(13-3-5-18-6-4-13)23-7-9-24-10-8-23/h3-6,14H,7-11H2,1-2H3,(H,19,20)/t14-/m0/s1. The average molecular weight is 358 g/mol. The minimum Gasteiger partial charge on any atom is -0.379 e. The van der Waals surface area contributed by atoms with Crippen LogP contribution in [0.2, 0.25) is 0 Å². The number of aryl methyl sites for hydroxylation is 2. The van der Waals surface area contributed by atoms with Crippen molar-refractivity contribution >= 4 is 26.8 Å². The minimum absolute atomic E-state index is 0.276. The Balaban J connectivity index is 1.54. The van der Waals surface area contributed by atoms with Crippen molar-refractivity contribution in [2.45, 2.75) is 13.0 Å². The fraction of sp³-hybridized carbons (Fsp3) is 0.471. The summed E-state index contributed by atoms with van der Waals surface area (Å²) < 4.78 is 8.50. The fourth-order valence-corrected chi connectivity index (χ4v) is 4.22. The van der Waals surface area contributed by atoms with Gasteiger partial charge in [0.15, 0.2) is 10.8 Å². The molecule has 3 aromatic heterocycles. The van der Waals surface area contributed by atoms with Gasteiger partial charge in [-0.2, -0.15) is 5.10 Å². The number of morpholine rings is 1. The van der Waals surface area contributed by atoms with E-state index in [1.807, 2.05) is 31.0 Å². The maximum absolute atomic E-state index is 5.51. The zero-order valence-electron chi connectivity index (χ0n) is 14.5. The Morgan fingerprint density at radius 3 is 2.76 bits per heavy atom. The molecule has 0 unspecified atom stereocenters. The number of aromatic nitrogens is 4. The topological polar surface area (TPSA) is 68.1 Å². The molecule has 0 aliphatic carbocycles. The van der Waals surface area contributed by atoms with Crippen molar-refractivity contribution in [1.82, 2.24) is 24.6 Å². The van der Waals surface area contributed by atoms with Crippen LogP contribution in [0.15, 0.2) is 24.5 Å². The molecule has 1 saturated heterocycles. The quantitative estimate of drug-likeness (QED) is 0.754. The molecule has 7 nitrogen and oxygen atoms in total. The number of thiazole rings is 1.